The van der Waals surface area contributed by atoms with Gasteiger partial charge in [0.25, 0.3) is 11.5 Å². The molecule has 1 amide bonds. The van der Waals surface area contributed by atoms with Gasteiger partial charge in [-0.25, -0.2) is 4.79 Å². The number of rotatable bonds is 4. The first-order chi connectivity index (χ1) is 10.0. The lowest BCUT2D eigenvalue weighted by Gasteiger charge is -2.30. The van der Waals surface area contributed by atoms with Gasteiger partial charge in [0, 0.05) is 25.8 Å². The standard InChI is InChI=1S/C14H22N4O3.ClH/c1-18-13(20)10(8-16-14(18)21)12(19)17-11(7-15)9-5-3-2-4-6-9;/h8-9,11H,2-7,15H2,1H3,(H,16,21)(H,17,19);1H. The summed E-state index contributed by atoms with van der Waals surface area (Å²) in [5.74, 6) is -0.118. The van der Waals surface area contributed by atoms with Crippen molar-refractivity contribution in [2.75, 3.05) is 6.54 Å². The van der Waals surface area contributed by atoms with E-state index in [2.05, 4.69) is 10.3 Å². The SMILES string of the molecule is Cl.Cn1c(=O)[nH]cc(C(=O)NC(CN)C2CCCCC2)c1=O. The molecular formula is C14H23ClN4O3. The summed E-state index contributed by atoms with van der Waals surface area (Å²) in [6.07, 6.45) is 6.78. The third kappa shape index (κ3) is 3.98. The van der Waals surface area contributed by atoms with Gasteiger partial charge in [0.05, 0.1) is 0 Å². The van der Waals surface area contributed by atoms with Crippen LogP contribution in [-0.2, 0) is 7.05 Å². The predicted octanol–water partition coefficient (Wildman–Crippen LogP) is 0.133. The van der Waals surface area contributed by atoms with Crippen molar-refractivity contribution in [2.24, 2.45) is 18.7 Å². The van der Waals surface area contributed by atoms with Crippen LogP contribution < -0.4 is 22.3 Å². The highest BCUT2D eigenvalue weighted by Crippen LogP contribution is 2.26. The Morgan fingerprint density at radius 2 is 2.05 bits per heavy atom. The fourth-order valence-electron chi connectivity index (χ4n) is 2.88. The summed E-state index contributed by atoms with van der Waals surface area (Å²) >= 11 is 0. The molecule has 1 aliphatic carbocycles. The fraction of sp³-hybridized carbons (Fsp3) is 0.643. The van der Waals surface area contributed by atoms with Crippen molar-refractivity contribution in [1.29, 1.82) is 0 Å². The second-order valence-electron chi connectivity index (χ2n) is 5.59. The number of H-pyrrole nitrogens is 1. The largest absolute Gasteiger partial charge is 0.348 e. The zero-order chi connectivity index (χ0) is 15.4. The average Bonchev–Trinajstić information content (AvgIpc) is 2.51. The average molecular weight is 331 g/mol. The molecule has 1 aromatic rings. The number of carbonyl (C=O) groups is 1. The van der Waals surface area contributed by atoms with E-state index in [1.54, 1.807) is 0 Å². The molecule has 1 aromatic heterocycles. The maximum Gasteiger partial charge on any atom is 0.328 e. The van der Waals surface area contributed by atoms with Crippen LogP contribution in [0.4, 0.5) is 0 Å². The number of aromatic nitrogens is 2. The summed E-state index contributed by atoms with van der Waals surface area (Å²) in [4.78, 5) is 37.8. The highest BCUT2D eigenvalue weighted by molar-refractivity contribution is 5.93. The normalized spacial score (nSPS) is 16.6. The molecule has 2 rings (SSSR count). The van der Waals surface area contributed by atoms with Gasteiger partial charge in [-0.1, -0.05) is 19.3 Å². The van der Waals surface area contributed by atoms with E-state index in [1.165, 1.54) is 13.5 Å². The number of hydrogen-bond acceptors (Lipinski definition) is 4. The van der Waals surface area contributed by atoms with Gasteiger partial charge in [0.2, 0.25) is 0 Å². The molecule has 0 radical (unpaired) electrons. The van der Waals surface area contributed by atoms with Gasteiger partial charge < -0.3 is 16.0 Å². The first-order valence-electron chi connectivity index (χ1n) is 7.34. The van der Waals surface area contributed by atoms with Crippen LogP contribution in [-0.4, -0.2) is 28.0 Å². The first kappa shape index (κ1) is 18.4. The van der Waals surface area contributed by atoms with Crippen molar-refractivity contribution in [3.8, 4) is 0 Å². The van der Waals surface area contributed by atoms with Crippen molar-refractivity contribution in [3.05, 3.63) is 32.6 Å². The highest BCUT2D eigenvalue weighted by atomic mass is 35.5. The Bertz CT molecular complexity index is 619. The molecule has 1 aliphatic rings. The molecule has 0 bridgehead atoms. The van der Waals surface area contributed by atoms with E-state index in [4.69, 9.17) is 5.73 Å². The Morgan fingerprint density at radius 1 is 1.41 bits per heavy atom. The lowest BCUT2D eigenvalue weighted by Crippen LogP contribution is -2.48. The highest BCUT2D eigenvalue weighted by Gasteiger charge is 2.25. The molecule has 1 atom stereocenters. The number of nitrogens with two attached hydrogens (primary N) is 1. The summed E-state index contributed by atoms with van der Waals surface area (Å²) in [6, 6.07) is -0.130. The van der Waals surface area contributed by atoms with Crippen LogP contribution in [0.2, 0.25) is 0 Å². The summed E-state index contributed by atoms with van der Waals surface area (Å²) < 4.78 is 0.882. The Hall–Kier alpha value is -1.60. The lowest BCUT2D eigenvalue weighted by atomic mass is 9.84. The van der Waals surface area contributed by atoms with Crippen LogP contribution in [0, 0.1) is 5.92 Å². The number of amides is 1. The van der Waals surface area contributed by atoms with E-state index in [1.807, 2.05) is 0 Å². The quantitative estimate of drug-likeness (QED) is 0.729. The van der Waals surface area contributed by atoms with Gasteiger partial charge in [-0.05, 0) is 18.8 Å². The Morgan fingerprint density at radius 3 is 2.64 bits per heavy atom. The minimum Gasteiger partial charge on any atom is -0.348 e. The van der Waals surface area contributed by atoms with Crippen LogP contribution in [0.25, 0.3) is 0 Å². The number of carbonyl (C=O) groups excluding carboxylic acids is 1. The van der Waals surface area contributed by atoms with E-state index >= 15 is 0 Å². The van der Waals surface area contributed by atoms with Gasteiger partial charge in [0.1, 0.15) is 5.56 Å². The molecule has 1 heterocycles. The van der Waals surface area contributed by atoms with Gasteiger partial charge >= 0.3 is 5.69 Å². The molecule has 7 nitrogen and oxygen atoms in total. The molecule has 0 aliphatic heterocycles. The molecule has 0 aromatic carbocycles. The van der Waals surface area contributed by atoms with Gasteiger partial charge in [-0.2, -0.15) is 0 Å². The smallest absolute Gasteiger partial charge is 0.328 e. The first-order valence-corrected chi connectivity index (χ1v) is 7.34. The van der Waals surface area contributed by atoms with Crippen LogP contribution in [0.3, 0.4) is 0 Å². The van der Waals surface area contributed by atoms with Crippen molar-refractivity contribution in [3.63, 3.8) is 0 Å². The zero-order valence-corrected chi connectivity index (χ0v) is 13.4. The van der Waals surface area contributed by atoms with E-state index in [-0.39, 0.29) is 24.0 Å². The molecular weight excluding hydrogens is 308 g/mol. The summed E-state index contributed by atoms with van der Waals surface area (Å²) in [5.41, 5.74) is 4.56. The minimum atomic E-state index is -0.601. The number of nitrogens with one attached hydrogen (secondary N) is 2. The summed E-state index contributed by atoms with van der Waals surface area (Å²) in [6.45, 7) is 0.347. The third-order valence-electron chi connectivity index (χ3n) is 4.21. The zero-order valence-electron chi connectivity index (χ0n) is 12.6. The van der Waals surface area contributed by atoms with Crippen molar-refractivity contribution in [2.45, 2.75) is 38.1 Å². The summed E-state index contributed by atoms with van der Waals surface area (Å²) in [5, 5.41) is 2.84. The second-order valence-corrected chi connectivity index (χ2v) is 5.59. The van der Waals surface area contributed by atoms with Crippen molar-refractivity contribution < 1.29 is 4.79 Å². The van der Waals surface area contributed by atoms with Crippen LogP contribution in [0.5, 0.6) is 0 Å². The maximum atomic E-state index is 12.2. The molecule has 124 valence electrons. The van der Waals surface area contributed by atoms with Crippen LogP contribution >= 0.6 is 12.4 Å². The number of hydrogen-bond donors (Lipinski definition) is 3. The van der Waals surface area contributed by atoms with Crippen molar-refractivity contribution >= 4 is 18.3 Å². The number of nitrogens with zero attached hydrogens (tertiary/aromatic N) is 1. The molecule has 22 heavy (non-hydrogen) atoms. The molecule has 0 spiro atoms. The Balaban J connectivity index is 0.00000242. The van der Waals surface area contributed by atoms with Crippen LogP contribution in [0.15, 0.2) is 15.8 Å². The van der Waals surface area contributed by atoms with E-state index in [0.29, 0.717) is 12.5 Å². The monoisotopic (exact) mass is 330 g/mol. The Kier molecular flexibility index (Phi) is 6.83. The lowest BCUT2D eigenvalue weighted by molar-refractivity contribution is 0.0913. The van der Waals surface area contributed by atoms with Crippen LogP contribution in [0.1, 0.15) is 42.5 Å². The summed E-state index contributed by atoms with van der Waals surface area (Å²) in [7, 11) is 1.33. The molecule has 1 unspecified atom stereocenters. The third-order valence-corrected chi connectivity index (χ3v) is 4.21. The minimum absolute atomic E-state index is 0. The topological polar surface area (TPSA) is 110 Å². The molecule has 8 heteroatoms. The van der Waals surface area contributed by atoms with Gasteiger partial charge in [-0.3, -0.25) is 14.2 Å². The van der Waals surface area contributed by atoms with Crippen molar-refractivity contribution in [1.82, 2.24) is 14.9 Å². The molecule has 0 saturated heterocycles. The molecule has 1 fully saturated rings. The fourth-order valence-corrected chi connectivity index (χ4v) is 2.88. The molecule has 4 N–H and O–H groups in total. The number of halogens is 1. The van der Waals surface area contributed by atoms with E-state index < -0.39 is 17.2 Å². The maximum absolute atomic E-state index is 12.2. The predicted molar refractivity (Wildman–Crippen MR) is 86.4 cm³/mol. The van der Waals surface area contributed by atoms with Gasteiger partial charge in [0.15, 0.2) is 0 Å². The van der Waals surface area contributed by atoms with Gasteiger partial charge in [-0.15, -0.1) is 12.4 Å². The number of aromatic amines is 1. The Labute approximate surface area is 134 Å². The van der Waals surface area contributed by atoms with E-state index in [9.17, 15) is 14.4 Å². The molecule has 1 saturated carbocycles. The second kappa shape index (κ2) is 8.14. The van der Waals surface area contributed by atoms with E-state index in [0.717, 1.165) is 36.4 Å².